The second kappa shape index (κ2) is 24.6. The van der Waals surface area contributed by atoms with Crippen molar-refractivity contribution in [2.24, 2.45) is 0 Å². The van der Waals surface area contributed by atoms with Crippen molar-refractivity contribution < 1.29 is 28.2 Å². The van der Waals surface area contributed by atoms with Crippen LogP contribution in [0.1, 0.15) is 103 Å². The van der Waals surface area contributed by atoms with Crippen LogP contribution in [0, 0.1) is 0 Å². The molecule has 0 aliphatic carbocycles. The highest BCUT2D eigenvalue weighted by Crippen LogP contribution is 2.23. The number of hydrogen-bond donors (Lipinski definition) is 2. The Labute approximate surface area is 229 Å². The largest absolute Gasteiger partial charge is 0.699 e. The summed E-state index contributed by atoms with van der Waals surface area (Å²) in [4.78, 5) is 15.4. The van der Waals surface area contributed by atoms with Crippen LogP contribution in [-0.2, 0) is 29.6 Å². The minimum atomic E-state index is -2.34. The number of aliphatic hydroxyl groups excluding tert-OH is 1. The average Bonchev–Trinajstić information content (AvgIpc) is 2.90. The highest BCUT2D eigenvalue weighted by Gasteiger charge is 2.21. The van der Waals surface area contributed by atoms with Gasteiger partial charge in [-0.05, 0) is 18.9 Å². The summed E-state index contributed by atoms with van der Waals surface area (Å²) < 4.78 is 34.1. The number of hydrogen-bond acceptors (Lipinski definition) is 9. The maximum atomic E-state index is 11.8. The number of aromatic nitrogens is 2. The van der Waals surface area contributed by atoms with Gasteiger partial charge in [0.1, 0.15) is 18.5 Å². The summed E-state index contributed by atoms with van der Waals surface area (Å²) in [6.45, 7) is 3.17. The Balaban J connectivity index is 1.86. The molecule has 3 N–H and O–H groups in total. The molecular weight excluding hydrogens is 509 g/mol. The summed E-state index contributed by atoms with van der Waals surface area (Å²) in [5.41, 5.74) is 4.90. The van der Waals surface area contributed by atoms with E-state index < -0.39 is 20.0 Å². The van der Waals surface area contributed by atoms with Gasteiger partial charge in [0, 0.05) is 24.0 Å². The lowest BCUT2D eigenvalue weighted by Crippen LogP contribution is -2.32. The van der Waals surface area contributed by atoms with E-state index in [0.29, 0.717) is 13.0 Å². The van der Waals surface area contributed by atoms with Gasteiger partial charge >= 0.3 is 13.9 Å². The molecule has 0 amide bonds. The van der Waals surface area contributed by atoms with Crippen molar-refractivity contribution in [2.75, 3.05) is 39.0 Å². The van der Waals surface area contributed by atoms with Gasteiger partial charge < -0.3 is 20.3 Å². The van der Waals surface area contributed by atoms with Crippen molar-refractivity contribution in [3.8, 4) is 0 Å². The predicted molar refractivity (Wildman–Crippen MR) is 150 cm³/mol. The molecule has 0 radical (unpaired) electrons. The Hall–Kier alpha value is -1.42. The first kappa shape index (κ1) is 34.6. The third kappa shape index (κ3) is 19.6. The van der Waals surface area contributed by atoms with Crippen LogP contribution in [0.2, 0.25) is 0 Å². The van der Waals surface area contributed by atoms with Gasteiger partial charge in [-0.15, -0.1) is 4.52 Å². The first-order valence-electron chi connectivity index (χ1n) is 14.4. The van der Waals surface area contributed by atoms with Crippen molar-refractivity contribution in [1.29, 1.82) is 0 Å². The molecule has 38 heavy (non-hydrogen) atoms. The monoisotopic (exact) mass is 560 g/mol. The number of nitrogens with two attached hydrogens (primary N) is 1. The maximum absolute atomic E-state index is 11.8. The van der Waals surface area contributed by atoms with E-state index in [9.17, 15) is 14.5 Å². The van der Waals surface area contributed by atoms with Gasteiger partial charge in [-0.3, -0.25) is 4.57 Å². The summed E-state index contributed by atoms with van der Waals surface area (Å²) >= 11 is 0. The molecule has 1 aromatic heterocycles. The smallest absolute Gasteiger partial charge is 0.394 e. The third-order valence-electron chi connectivity index (χ3n) is 6.23. The number of aliphatic hydroxyl groups is 1. The van der Waals surface area contributed by atoms with Crippen molar-refractivity contribution in [1.82, 2.24) is 9.55 Å². The zero-order valence-corrected chi connectivity index (χ0v) is 24.3. The maximum Gasteiger partial charge on any atom is 0.699 e. The van der Waals surface area contributed by atoms with Gasteiger partial charge in [0.2, 0.25) is 6.79 Å². The lowest BCUT2D eigenvalue weighted by molar-refractivity contribution is -0.0656. The van der Waals surface area contributed by atoms with Crippen LogP contribution in [0.15, 0.2) is 17.1 Å². The fraction of sp³-hybridized carbons (Fsp3) is 0.852. The molecule has 220 valence electrons. The van der Waals surface area contributed by atoms with Crippen LogP contribution < -0.4 is 11.4 Å². The van der Waals surface area contributed by atoms with Crippen molar-refractivity contribution in [3.05, 3.63) is 22.7 Å². The Kier molecular flexibility index (Phi) is 22.4. The Morgan fingerprint density at radius 1 is 0.895 bits per heavy atom. The molecule has 10 nitrogen and oxygen atoms in total. The van der Waals surface area contributed by atoms with E-state index in [1.807, 2.05) is 0 Å². The molecule has 0 aromatic carbocycles. The van der Waals surface area contributed by atoms with Gasteiger partial charge in [-0.25, -0.2) is 4.79 Å². The van der Waals surface area contributed by atoms with Crippen LogP contribution >= 0.6 is 8.25 Å². The average molecular weight is 561 g/mol. The zero-order valence-electron chi connectivity index (χ0n) is 23.4. The highest BCUT2D eigenvalue weighted by atomic mass is 31.1. The van der Waals surface area contributed by atoms with Gasteiger partial charge in [0.05, 0.1) is 13.2 Å². The fourth-order valence-corrected chi connectivity index (χ4v) is 4.47. The molecule has 0 aliphatic rings. The van der Waals surface area contributed by atoms with E-state index in [-0.39, 0.29) is 32.4 Å². The van der Waals surface area contributed by atoms with Crippen LogP contribution in [0.3, 0.4) is 0 Å². The van der Waals surface area contributed by atoms with Crippen LogP contribution in [0.25, 0.3) is 0 Å². The van der Waals surface area contributed by atoms with E-state index in [1.54, 1.807) is 0 Å². The summed E-state index contributed by atoms with van der Waals surface area (Å²) in [6.07, 6.45) is 20.1. The molecule has 0 bridgehead atoms. The number of anilines is 1. The van der Waals surface area contributed by atoms with Gasteiger partial charge in [-0.2, -0.15) is 4.98 Å². The van der Waals surface area contributed by atoms with E-state index in [0.717, 1.165) is 13.0 Å². The van der Waals surface area contributed by atoms with E-state index in [2.05, 4.69) is 11.9 Å². The highest BCUT2D eigenvalue weighted by molar-refractivity contribution is 7.33. The number of nitrogens with zero attached hydrogens (tertiary/aromatic N) is 2. The van der Waals surface area contributed by atoms with Crippen molar-refractivity contribution in [3.63, 3.8) is 0 Å². The molecule has 0 spiro atoms. The minimum Gasteiger partial charge on any atom is -0.394 e. The Morgan fingerprint density at radius 3 is 2.05 bits per heavy atom. The summed E-state index contributed by atoms with van der Waals surface area (Å²) in [7, 11) is -2.34. The van der Waals surface area contributed by atoms with E-state index in [4.69, 9.17) is 24.3 Å². The molecule has 1 rings (SSSR count). The summed E-state index contributed by atoms with van der Waals surface area (Å²) in [5, 5.41) is 9.42. The summed E-state index contributed by atoms with van der Waals surface area (Å²) in [5.74, 6) is 0.116. The predicted octanol–water partition coefficient (Wildman–Crippen LogP) is 5.74. The first-order valence-corrected chi connectivity index (χ1v) is 15.5. The lowest BCUT2D eigenvalue weighted by atomic mass is 10.0. The molecule has 0 fully saturated rings. The lowest BCUT2D eigenvalue weighted by Gasteiger charge is -2.14. The molecule has 2 atom stereocenters. The number of unbranched alkanes of at least 4 members (excludes halogenated alkanes) is 13. The van der Waals surface area contributed by atoms with Crippen molar-refractivity contribution >= 4 is 14.1 Å². The number of ether oxygens (including phenoxy) is 2. The Bertz CT molecular complexity index is 766. The van der Waals surface area contributed by atoms with Gasteiger partial charge in [-0.1, -0.05) is 94.9 Å². The normalized spacial score (nSPS) is 12.6. The van der Waals surface area contributed by atoms with Crippen LogP contribution in [0.4, 0.5) is 5.82 Å². The standard InChI is InChI=1S/C27H50N3O7P/c1-2-3-4-5-6-7-8-9-10-11-12-13-14-15-19-34-20-16-21-36-38(33)37-24-35-25(23-31)22-30-18-17-26(28)29-27(30)32/h17-18,25,31H,2-16,19-24H2,1H3,(H-,28,29,32)/p+1/t25-/m0/s1. The number of rotatable bonds is 27. The fourth-order valence-electron chi connectivity index (χ4n) is 3.97. The Morgan fingerprint density at radius 2 is 1.47 bits per heavy atom. The minimum absolute atomic E-state index is 0.0558. The first-order chi connectivity index (χ1) is 18.6. The molecule has 1 aromatic rings. The SMILES string of the molecule is CCCCCCCCCCCCCCCCOCCCO[P+](=O)OCO[C@H](CO)Cn1ccc(N)nc1=O. The van der Waals surface area contributed by atoms with E-state index >= 15 is 0 Å². The van der Waals surface area contributed by atoms with Crippen LogP contribution in [-0.4, -0.2) is 54.0 Å². The zero-order chi connectivity index (χ0) is 27.7. The molecule has 1 unspecified atom stereocenters. The second-order valence-electron chi connectivity index (χ2n) is 9.62. The van der Waals surface area contributed by atoms with Gasteiger partial charge in [0.25, 0.3) is 0 Å². The molecule has 0 saturated carbocycles. The van der Waals surface area contributed by atoms with Gasteiger partial charge in [0.15, 0.2) is 0 Å². The van der Waals surface area contributed by atoms with Crippen molar-refractivity contribution in [2.45, 2.75) is 116 Å². The molecule has 11 heteroatoms. The third-order valence-corrected chi connectivity index (χ3v) is 6.94. The van der Waals surface area contributed by atoms with Crippen LogP contribution in [0.5, 0.6) is 0 Å². The van der Waals surface area contributed by atoms with E-state index in [1.165, 1.54) is 100 Å². The number of nitrogen functional groups attached to an aromatic ring is 1. The second-order valence-corrected chi connectivity index (χ2v) is 10.6. The summed E-state index contributed by atoms with van der Waals surface area (Å²) in [6, 6.07) is 1.47. The topological polar surface area (TPSA) is 135 Å². The molecule has 1 heterocycles. The molecular formula is C27H51N3O7P+. The molecule has 0 saturated heterocycles. The quantitative estimate of drug-likeness (QED) is 0.0784. The molecule has 0 aliphatic heterocycles.